The topological polar surface area (TPSA) is 97.3 Å². The summed E-state index contributed by atoms with van der Waals surface area (Å²) in [4.78, 5) is 12.5. The number of fused-ring (bicyclic) bond motifs is 1. The van der Waals surface area contributed by atoms with Crippen LogP contribution in [0.1, 0.15) is 19.4 Å². The Bertz CT molecular complexity index is 1250. The van der Waals surface area contributed by atoms with Gasteiger partial charge < -0.3 is 9.47 Å². The Labute approximate surface area is 193 Å². The first-order chi connectivity index (χ1) is 15.8. The minimum absolute atomic E-state index is 0.405. The van der Waals surface area contributed by atoms with Crippen LogP contribution >= 0.6 is 0 Å². The predicted molar refractivity (Wildman–Crippen MR) is 131 cm³/mol. The fraction of sp³-hybridized carbons (Fsp3) is 0.250. The van der Waals surface area contributed by atoms with E-state index in [-0.39, 0.29) is 0 Å². The lowest BCUT2D eigenvalue weighted by Crippen LogP contribution is -2.39. The second-order valence-corrected chi connectivity index (χ2v) is 9.04. The van der Waals surface area contributed by atoms with Crippen LogP contribution in [-0.4, -0.2) is 46.6 Å². The van der Waals surface area contributed by atoms with E-state index in [9.17, 15) is 13.2 Å². The van der Waals surface area contributed by atoms with Gasteiger partial charge >= 0.3 is 0 Å². The third-order valence-corrected chi connectivity index (χ3v) is 5.82. The molecule has 1 N–H and O–H groups in total. The summed E-state index contributed by atoms with van der Waals surface area (Å²) >= 11 is 0. The number of hydrogen-bond acceptors (Lipinski definition) is 6. The molecule has 33 heavy (non-hydrogen) atoms. The van der Waals surface area contributed by atoms with Crippen molar-refractivity contribution in [3.05, 3.63) is 66.2 Å². The molecule has 0 unspecified atom stereocenters. The smallest absolute Gasteiger partial charge is 0.260 e. The van der Waals surface area contributed by atoms with Gasteiger partial charge in [-0.05, 0) is 49.1 Å². The van der Waals surface area contributed by atoms with Crippen molar-refractivity contribution >= 4 is 38.6 Å². The van der Waals surface area contributed by atoms with Gasteiger partial charge in [-0.3, -0.25) is 9.10 Å². The Morgan fingerprint density at radius 2 is 1.70 bits per heavy atom. The third-order valence-electron chi connectivity index (χ3n) is 4.69. The average Bonchev–Trinajstić information content (AvgIpc) is 2.78. The molecule has 3 aromatic rings. The molecule has 1 amide bonds. The zero-order valence-corrected chi connectivity index (χ0v) is 19.6. The van der Waals surface area contributed by atoms with Crippen molar-refractivity contribution in [3.63, 3.8) is 0 Å². The second kappa shape index (κ2) is 10.8. The summed E-state index contributed by atoms with van der Waals surface area (Å²) in [5, 5.41) is 5.58. The van der Waals surface area contributed by atoms with Crippen LogP contribution in [0, 0.1) is 0 Å². The number of nitrogens with one attached hydrogen (secondary N) is 1. The number of carbonyl (C=O) groups is 1. The van der Waals surface area contributed by atoms with E-state index in [0.717, 1.165) is 21.3 Å². The first kappa shape index (κ1) is 24.1. The molecule has 0 aliphatic heterocycles. The van der Waals surface area contributed by atoms with E-state index < -0.39 is 22.5 Å². The van der Waals surface area contributed by atoms with E-state index in [1.165, 1.54) is 6.21 Å². The quantitative estimate of drug-likeness (QED) is 0.362. The highest BCUT2D eigenvalue weighted by Gasteiger charge is 2.22. The molecule has 0 aliphatic carbocycles. The van der Waals surface area contributed by atoms with Crippen molar-refractivity contribution in [2.24, 2.45) is 5.10 Å². The van der Waals surface area contributed by atoms with Gasteiger partial charge in [0.2, 0.25) is 10.0 Å². The van der Waals surface area contributed by atoms with Gasteiger partial charge in [-0.1, -0.05) is 36.4 Å². The highest BCUT2D eigenvalue weighted by molar-refractivity contribution is 7.92. The summed E-state index contributed by atoms with van der Waals surface area (Å²) in [6.45, 7) is 4.35. The molecule has 174 valence electrons. The molecule has 0 heterocycles. The Balaban J connectivity index is 1.75. The number of amides is 1. The van der Waals surface area contributed by atoms with Crippen LogP contribution in [0.4, 0.5) is 5.69 Å². The monoisotopic (exact) mass is 469 g/mol. The fourth-order valence-electron chi connectivity index (χ4n) is 3.30. The van der Waals surface area contributed by atoms with Gasteiger partial charge in [0, 0.05) is 5.39 Å². The summed E-state index contributed by atoms with van der Waals surface area (Å²) in [5.41, 5.74) is 3.52. The van der Waals surface area contributed by atoms with Crippen molar-refractivity contribution in [1.82, 2.24) is 5.43 Å². The molecular formula is C24H27N3O5S. The number of nitrogens with zero attached hydrogens (tertiary/aromatic N) is 2. The number of hydrazone groups is 1. The molecule has 8 nitrogen and oxygen atoms in total. The first-order valence-electron chi connectivity index (χ1n) is 10.5. The summed E-state index contributed by atoms with van der Waals surface area (Å²) in [6, 6.07) is 18.0. The van der Waals surface area contributed by atoms with E-state index in [0.29, 0.717) is 36.0 Å². The Morgan fingerprint density at radius 3 is 2.42 bits per heavy atom. The lowest BCUT2D eigenvalue weighted by molar-refractivity contribution is -0.119. The Hall–Kier alpha value is -3.59. The minimum Gasteiger partial charge on any atom is -0.490 e. The fourth-order valence-corrected chi connectivity index (χ4v) is 4.17. The lowest BCUT2D eigenvalue weighted by atomic mass is 10.1. The Morgan fingerprint density at radius 1 is 1.00 bits per heavy atom. The van der Waals surface area contributed by atoms with Crippen LogP contribution in [-0.2, 0) is 14.8 Å². The minimum atomic E-state index is -3.71. The van der Waals surface area contributed by atoms with Crippen molar-refractivity contribution in [3.8, 4) is 11.5 Å². The zero-order valence-electron chi connectivity index (χ0n) is 18.8. The standard InChI is InChI=1S/C24H27N3O5S/c1-4-31-22-14-13-18(15-23(22)32-5-2)16-25-26-24(28)17-27(33(3,29)30)21-12-8-10-19-9-6-7-11-20(19)21/h6-16H,4-5,17H2,1-3H3,(H,26,28)/b25-16-. The molecule has 0 aromatic heterocycles. The summed E-state index contributed by atoms with van der Waals surface area (Å²) in [7, 11) is -3.71. The largest absolute Gasteiger partial charge is 0.490 e. The van der Waals surface area contributed by atoms with Gasteiger partial charge in [-0.2, -0.15) is 5.10 Å². The second-order valence-electron chi connectivity index (χ2n) is 7.13. The number of rotatable bonds is 10. The molecule has 3 aromatic carbocycles. The predicted octanol–water partition coefficient (Wildman–Crippen LogP) is 3.55. The van der Waals surface area contributed by atoms with Crippen LogP contribution in [0.3, 0.4) is 0 Å². The highest BCUT2D eigenvalue weighted by Crippen LogP contribution is 2.29. The van der Waals surface area contributed by atoms with Gasteiger partial charge in [0.25, 0.3) is 5.91 Å². The van der Waals surface area contributed by atoms with Crippen LogP contribution < -0.4 is 19.2 Å². The molecule has 0 saturated carbocycles. The number of sulfonamides is 1. The number of benzene rings is 3. The highest BCUT2D eigenvalue weighted by atomic mass is 32.2. The van der Waals surface area contributed by atoms with E-state index in [2.05, 4.69) is 10.5 Å². The molecule has 3 rings (SSSR count). The lowest BCUT2D eigenvalue weighted by Gasteiger charge is -2.23. The number of anilines is 1. The van der Waals surface area contributed by atoms with Crippen LogP contribution in [0.25, 0.3) is 10.8 Å². The molecule has 0 radical (unpaired) electrons. The molecule has 0 bridgehead atoms. The van der Waals surface area contributed by atoms with E-state index in [1.54, 1.807) is 30.3 Å². The number of carbonyl (C=O) groups excluding carboxylic acids is 1. The van der Waals surface area contributed by atoms with Crippen molar-refractivity contribution in [2.75, 3.05) is 30.3 Å². The van der Waals surface area contributed by atoms with Crippen LogP contribution in [0.2, 0.25) is 0 Å². The average molecular weight is 470 g/mol. The number of hydrogen-bond donors (Lipinski definition) is 1. The van der Waals surface area contributed by atoms with Gasteiger partial charge in [-0.15, -0.1) is 0 Å². The maximum atomic E-state index is 12.5. The summed E-state index contributed by atoms with van der Waals surface area (Å²) in [5.74, 6) is 0.633. The summed E-state index contributed by atoms with van der Waals surface area (Å²) in [6.07, 6.45) is 2.53. The van der Waals surface area contributed by atoms with E-state index in [1.807, 2.05) is 44.2 Å². The summed E-state index contributed by atoms with van der Waals surface area (Å²) < 4.78 is 37.1. The van der Waals surface area contributed by atoms with Gasteiger partial charge in [0.1, 0.15) is 6.54 Å². The number of ether oxygens (including phenoxy) is 2. The normalized spacial score (nSPS) is 11.5. The Kier molecular flexibility index (Phi) is 7.89. The third kappa shape index (κ3) is 6.23. The maximum Gasteiger partial charge on any atom is 0.260 e. The molecule has 0 fully saturated rings. The molecular weight excluding hydrogens is 442 g/mol. The molecule has 0 spiro atoms. The van der Waals surface area contributed by atoms with Gasteiger partial charge in [0.15, 0.2) is 11.5 Å². The van der Waals surface area contributed by atoms with Crippen molar-refractivity contribution in [2.45, 2.75) is 13.8 Å². The van der Waals surface area contributed by atoms with Crippen molar-refractivity contribution < 1.29 is 22.7 Å². The maximum absolute atomic E-state index is 12.5. The van der Waals surface area contributed by atoms with Crippen LogP contribution in [0.15, 0.2) is 65.8 Å². The van der Waals surface area contributed by atoms with E-state index >= 15 is 0 Å². The molecule has 0 atom stereocenters. The van der Waals surface area contributed by atoms with Crippen LogP contribution in [0.5, 0.6) is 11.5 Å². The van der Waals surface area contributed by atoms with Gasteiger partial charge in [-0.25, -0.2) is 13.8 Å². The molecule has 0 saturated heterocycles. The van der Waals surface area contributed by atoms with Crippen molar-refractivity contribution in [1.29, 1.82) is 0 Å². The van der Waals surface area contributed by atoms with Gasteiger partial charge in [0.05, 0.1) is 31.4 Å². The SMILES string of the molecule is CCOc1ccc(/C=N\NC(=O)CN(c2cccc3ccccc23)S(C)(=O)=O)cc1OCC. The zero-order chi connectivity index (χ0) is 23.8. The molecule has 0 aliphatic rings. The first-order valence-corrected chi connectivity index (χ1v) is 12.3. The molecule has 9 heteroatoms. The van der Waals surface area contributed by atoms with E-state index in [4.69, 9.17) is 9.47 Å².